The van der Waals surface area contributed by atoms with Gasteiger partial charge in [0.2, 0.25) is 0 Å². The normalized spacial score (nSPS) is 14.2. The molecule has 2 heterocycles. The highest BCUT2D eigenvalue weighted by Crippen LogP contribution is 2.21. The molecular weight excluding hydrogens is 378 g/mol. The zero-order chi connectivity index (χ0) is 20.9. The lowest BCUT2D eigenvalue weighted by molar-refractivity contribution is -0.384. The molecule has 0 bridgehead atoms. The van der Waals surface area contributed by atoms with Gasteiger partial charge in [-0.05, 0) is 79.9 Å². The Hall–Kier alpha value is -3.67. The van der Waals surface area contributed by atoms with E-state index in [1.807, 2.05) is 47.2 Å². The van der Waals surface area contributed by atoms with Gasteiger partial charge in [0, 0.05) is 54.1 Å². The summed E-state index contributed by atoms with van der Waals surface area (Å²) in [7, 11) is 0. The van der Waals surface area contributed by atoms with Crippen LogP contribution in [0.3, 0.4) is 0 Å². The summed E-state index contributed by atoms with van der Waals surface area (Å²) in [5.74, 6) is -0.0587. The Bertz CT molecular complexity index is 1060. The number of carbonyl (C=O) groups excluding carboxylic acids is 1. The van der Waals surface area contributed by atoms with Gasteiger partial charge in [-0.1, -0.05) is 0 Å². The second-order valence-electron chi connectivity index (χ2n) is 7.37. The summed E-state index contributed by atoms with van der Waals surface area (Å²) in [4.78, 5) is 25.4. The first-order valence-corrected chi connectivity index (χ1v) is 10.1. The van der Waals surface area contributed by atoms with E-state index in [-0.39, 0.29) is 11.5 Å². The van der Waals surface area contributed by atoms with Crippen molar-refractivity contribution in [3.05, 3.63) is 94.3 Å². The van der Waals surface area contributed by atoms with Crippen LogP contribution in [0, 0.1) is 10.1 Å². The van der Waals surface area contributed by atoms with Crippen molar-refractivity contribution in [1.82, 2.24) is 4.57 Å². The number of carbonyl (C=O) groups is 1. The van der Waals surface area contributed by atoms with Crippen molar-refractivity contribution < 1.29 is 9.72 Å². The minimum absolute atomic E-state index is 0.0474. The molecule has 1 aromatic heterocycles. The van der Waals surface area contributed by atoms with Crippen molar-refractivity contribution in [2.24, 2.45) is 0 Å². The Balaban J connectivity index is 1.47. The monoisotopic (exact) mass is 401 g/mol. The number of nitrogens with zero attached hydrogens (tertiary/aromatic N) is 3. The molecule has 0 N–H and O–H groups in total. The number of aromatic nitrogens is 1. The molecule has 152 valence electrons. The van der Waals surface area contributed by atoms with E-state index < -0.39 is 4.92 Å². The van der Waals surface area contributed by atoms with Gasteiger partial charge in [-0.15, -0.1) is 0 Å². The van der Waals surface area contributed by atoms with Crippen LogP contribution in [0.1, 0.15) is 35.3 Å². The zero-order valence-electron chi connectivity index (χ0n) is 16.6. The molecule has 6 heteroatoms. The number of hydrogen-bond acceptors (Lipinski definition) is 4. The smallest absolute Gasteiger partial charge is 0.269 e. The van der Waals surface area contributed by atoms with E-state index in [0.29, 0.717) is 5.56 Å². The van der Waals surface area contributed by atoms with Crippen molar-refractivity contribution >= 4 is 23.2 Å². The van der Waals surface area contributed by atoms with Crippen LogP contribution in [0.2, 0.25) is 0 Å². The summed E-state index contributed by atoms with van der Waals surface area (Å²) in [6.45, 7) is 2.15. The number of benzene rings is 2. The first-order chi connectivity index (χ1) is 14.6. The lowest BCUT2D eigenvalue weighted by Gasteiger charge is -2.28. The van der Waals surface area contributed by atoms with Crippen LogP contribution in [0.4, 0.5) is 11.4 Å². The second kappa shape index (κ2) is 8.78. The fraction of sp³-hybridized carbons (Fsp3) is 0.208. The Kier molecular flexibility index (Phi) is 5.75. The van der Waals surface area contributed by atoms with Crippen LogP contribution in [0.25, 0.3) is 11.8 Å². The molecule has 0 saturated carbocycles. The predicted molar refractivity (Wildman–Crippen MR) is 118 cm³/mol. The number of non-ortho nitro benzene ring substituents is 1. The van der Waals surface area contributed by atoms with E-state index in [9.17, 15) is 14.9 Å². The molecule has 1 aliphatic rings. The van der Waals surface area contributed by atoms with E-state index in [1.165, 1.54) is 37.1 Å². The number of rotatable bonds is 6. The van der Waals surface area contributed by atoms with Crippen LogP contribution in [-0.2, 0) is 0 Å². The second-order valence-corrected chi connectivity index (χ2v) is 7.37. The largest absolute Gasteiger partial charge is 0.372 e. The fourth-order valence-electron chi connectivity index (χ4n) is 3.75. The Morgan fingerprint density at radius 2 is 1.57 bits per heavy atom. The van der Waals surface area contributed by atoms with Crippen molar-refractivity contribution in [1.29, 1.82) is 0 Å². The molecule has 1 saturated heterocycles. The quantitative estimate of drug-likeness (QED) is 0.244. The average molecular weight is 401 g/mol. The zero-order valence-corrected chi connectivity index (χ0v) is 16.6. The fourth-order valence-corrected chi connectivity index (χ4v) is 3.75. The van der Waals surface area contributed by atoms with Crippen LogP contribution in [-0.4, -0.2) is 28.4 Å². The first-order valence-electron chi connectivity index (χ1n) is 10.1. The molecule has 3 aromatic rings. The summed E-state index contributed by atoms with van der Waals surface area (Å²) in [5.41, 5.74) is 3.49. The van der Waals surface area contributed by atoms with E-state index in [2.05, 4.69) is 4.90 Å². The number of hydrogen-bond donors (Lipinski definition) is 0. The molecule has 6 nitrogen and oxygen atoms in total. The lowest BCUT2D eigenvalue weighted by Crippen LogP contribution is -2.29. The molecule has 0 spiro atoms. The number of piperidine rings is 1. The molecule has 1 aliphatic heterocycles. The van der Waals surface area contributed by atoms with Gasteiger partial charge in [0.1, 0.15) is 0 Å². The SMILES string of the molecule is O=C(/C=C/c1cccn1-c1ccc([N+](=O)[O-])cc1)c1ccc(N2CCCCC2)cc1. The summed E-state index contributed by atoms with van der Waals surface area (Å²) in [5, 5.41) is 10.8. The molecule has 0 radical (unpaired) electrons. The molecule has 0 atom stereocenters. The van der Waals surface area contributed by atoms with Crippen molar-refractivity contribution in [3.63, 3.8) is 0 Å². The van der Waals surface area contributed by atoms with Crippen molar-refractivity contribution in [2.75, 3.05) is 18.0 Å². The van der Waals surface area contributed by atoms with E-state index >= 15 is 0 Å². The highest BCUT2D eigenvalue weighted by Gasteiger charge is 2.11. The standard InChI is InChI=1S/C24H23N3O3/c28-24(19-6-8-20(9-7-19)25-16-2-1-3-17-25)15-14-21-5-4-18-26(21)22-10-12-23(13-11-22)27(29)30/h4-15,18H,1-3,16-17H2/b15-14+. The average Bonchev–Trinajstić information content (AvgIpc) is 3.27. The molecule has 30 heavy (non-hydrogen) atoms. The van der Waals surface area contributed by atoms with Gasteiger partial charge < -0.3 is 9.47 Å². The molecule has 0 aliphatic carbocycles. The maximum Gasteiger partial charge on any atom is 0.269 e. The molecule has 4 rings (SSSR count). The van der Waals surface area contributed by atoms with Crippen molar-refractivity contribution in [2.45, 2.75) is 19.3 Å². The lowest BCUT2D eigenvalue weighted by atomic mass is 10.1. The van der Waals surface area contributed by atoms with Gasteiger partial charge >= 0.3 is 0 Å². The minimum atomic E-state index is -0.421. The topological polar surface area (TPSA) is 68.4 Å². The Morgan fingerprint density at radius 1 is 0.900 bits per heavy atom. The minimum Gasteiger partial charge on any atom is -0.372 e. The number of allylic oxidation sites excluding steroid dienone is 1. The van der Waals surface area contributed by atoms with Crippen LogP contribution in [0.5, 0.6) is 0 Å². The molecular formula is C24H23N3O3. The summed E-state index contributed by atoms with van der Waals surface area (Å²) in [6.07, 6.45) is 8.92. The summed E-state index contributed by atoms with van der Waals surface area (Å²) < 4.78 is 1.88. The summed E-state index contributed by atoms with van der Waals surface area (Å²) >= 11 is 0. The summed E-state index contributed by atoms with van der Waals surface area (Å²) in [6, 6.07) is 17.9. The third-order valence-corrected chi connectivity index (χ3v) is 5.40. The maximum atomic E-state index is 12.6. The van der Waals surface area contributed by atoms with Gasteiger partial charge in [-0.3, -0.25) is 14.9 Å². The number of nitro groups is 1. The number of anilines is 1. The number of nitro benzene ring substituents is 1. The van der Waals surface area contributed by atoms with Gasteiger partial charge in [-0.2, -0.15) is 0 Å². The predicted octanol–water partition coefficient (Wildman–Crippen LogP) is 5.27. The third kappa shape index (κ3) is 4.33. The third-order valence-electron chi connectivity index (χ3n) is 5.40. The highest BCUT2D eigenvalue weighted by atomic mass is 16.6. The van der Waals surface area contributed by atoms with Crippen LogP contribution >= 0.6 is 0 Å². The molecule has 0 amide bonds. The Morgan fingerprint density at radius 3 is 2.23 bits per heavy atom. The van der Waals surface area contributed by atoms with Gasteiger partial charge in [0.05, 0.1) is 4.92 Å². The number of ketones is 1. The van der Waals surface area contributed by atoms with E-state index in [1.54, 1.807) is 24.3 Å². The Labute approximate surface area is 175 Å². The molecule has 0 unspecified atom stereocenters. The first kappa shape index (κ1) is 19.6. The van der Waals surface area contributed by atoms with E-state index in [0.717, 1.165) is 24.5 Å². The van der Waals surface area contributed by atoms with Crippen molar-refractivity contribution in [3.8, 4) is 5.69 Å². The van der Waals surface area contributed by atoms with Gasteiger partial charge in [0.25, 0.3) is 5.69 Å². The van der Waals surface area contributed by atoms with E-state index in [4.69, 9.17) is 0 Å². The van der Waals surface area contributed by atoms with Gasteiger partial charge in [0.15, 0.2) is 5.78 Å². The maximum absolute atomic E-state index is 12.6. The highest BCUT2D eigenvalue weighted by molar-refractivity contribution is 6.06. The molecule has 2 aromatic carbocycles. The van der Waals surface area contributed by atoms with Crippen LogP contribution in [0.15, 0.2) is 72.9 Å². The van der Waals surface area contributed by atoms with Gasteiger partial charge in [-0.25, -0.2) is 0 Å². The molecule has 1 fully saturated rings. The van der Waals surface area contributed by atoms with Crippen LogP contribution < -0.4 is 4.90 Å².